The summed E-state index contributed by atoms with van der Waals surface area (Å²) < 4.78 is 0. The van der Waals surface area contributed by atoms with Gasteiger partial charge in [-0.2, -0.15) is 0 Å². The fourth-order valence-corrected chi connectivity index (χ4v) is 3.63. The van der Waals surface area contributed by atoms with E-state index in [4.69, 9.17) is 0 Å². The molecule has 1 atom stereocenters. The molecule has 116 valence electrons. The molecule has 0 bridgehead atoms. The quantitative estimate of drug-likeness (QED) is 0.943. The van der Waals surface area contributed by atoms with Crippen LogP contribution >= 0.6 is 11.3 Å². The van der Waals surface area contributed by atoms with Gasteiger partial charge in [-0.3, -0.25) is 0 Å². The van der Waals surface area contributed by atoms with Crippen LogP contribution in [0.3, 0.4) is 0 Å². The monoisotopic (exact) mass is 315 g/mol. The van der Waals surface area contributed by atoms with E-state index in [0.29, 0.717) is 0 Å². The van der Waals surface area contributed by atoms with Crippen molar-refractivity contribution in [1.29, 1.82) is 0 Å². The number of hydrogen-bond donors (Lipinski definition) is 1. The molecule has 1 aromatic carbocycles. The van der Waals surface area contributed by atoms with Gasteiger partial charge in [0.05, 0.1) is 6.04 Å². The number of carbonyl (C=O) groups is 1. The molecule has 0 spiro atoms. The van der Waals surface area contributed by atoms with Gasteiger partial charge >= 0.3 is 6.03 Å². The molecule has 1 N–H and O–H groups in total. The van der Waals surface area contributed by atoms with Crippen LogP contribution in [0.2, 0.25) is 0 Å². The Balaban J connectivity index is 1.64. The minimum absolute atomic E-state index is 0.0122. The maximum Gasteiger partial charge on any atom is 0.317 e. The molecule has 0 radical (unpaired) electrons. The number of nitrogens with one attached hydrogen (secondary N) is 1. The first kappa shape index (κ1) is 15.0. The Kier molecular flexibility index (Phi) is 4.73. The Hall–Kier alpha value is -1.88. The third-order valence-corrected chi connectivity index (χ3v) is 5.05. The predicted molar refractivity (Wildman–Crippen MR) is 89.1 cm³/mol. The van der Waals surface area contributed by atoms with Crippen molar-refractivity contribution in [2.45, 2.75) is 32.2 Å². The molecule has 2 heterocycles. The van der Waals surface area contributed by atoms with Crippen molar-refractivity contribution in [3.63, 3.8) is 0 Å². The smallest absolute Gasteiger partial charge is 0.317 e. The van der Waals surface area contributed by atoms with E-state index >= 15 is 0 Å². The maximum absolute atomic E-state index is 12.6. The summed E-state index contributed by atoms with van der Waals surface area (Å²) in [6.07, 6.45) is 4.50. The van der Waals surface area contributed by atoms with Crippen LogP contribution in [0, 0.1) is 0 Å². The van der Waals surface area contributed by atoms with Crippen molar-refractivity contribution in [2.24, 2.45) is 0 Å². The number of fused-ring (bicyclic) bond motifs is 1. The molecule has 2 aromatic rings. The number of rotatable bonds is 3. The Labute approximate surface area is 135 Å². The Bertz CT molecular complexity index is 600. The topological polar surface area (TPSA) is 45.2 Å². The SMILES string of the molecule is CC[C@@H](NC(=O)N1CCc2ccccc2CC1)c1nccs1. The number of urea groups is 1. The molecule has 4 nitrogen and oxygen atoms in total. The van der Waals surface area contributed by atoms with Crippen molar-refractivity contribution in [1.82, 2.24) is 15.2 Å². The van der Waals surface area contributed by atoms with E-state index in [9.17, 15) is 4.79 Å². The first-order valence-electron chi connectivity index (χ1n) is 7.79. The van der Waals surface area contributed by atoms with Gasteiger partial charge in [-0.1, -0.05) is 31.2 Å². The second kappa shape index (κ2) is 6.92. The third kappa shape index (κ3) is 3.30. The van der Waals surface area contributed by atoms with Crippen LogP contribution < -0.4 is 5.32 Å². The molecular weight excluding hydrogens is 294 g/mol. The van der Waals surface area contributed by atoms with E-state index in [-0.39, 0.29) is 12.1 Å². The Morgan fingerprint density at radius 1 is 1.32 bits per heavy atom. The molecule has 5 heteroatoms. The summed E-state index contributed by atoms with van der Waals surface area (Å²) in [7, 11) is 0. The molecule has 3 rings (SSSR count). The van der Waals surface area contributed by atoms with Gasteiger partial charge in [0.1, 0.15) is 5.01 Å². The lowest BCUT2D eigenvalue weighted by molar-refractivity contribution is 0.195. The number of thiazole rings is 1. The highest BCUT2D eigenvalue weighted by atomic mass is 32.1. The number of carbonyl (C=O) groups excluding carboxylic acids is 1. The van der Waals surface area contributed by atoms with Crippen molar-refractivity contribution in [2.75, 3.05) is 13.1 Å². The fraction of sp³-hybridized carbons (Fsp3) is 0.412. The van der Waals surface area contributed by atoms with E-state index in [1.54, 1.807) is 17.5 Å². The van der Waals surface area contributed by atoms with Crippen molar-refractivity contribution in [3.8, 4) is 0 Å². The molecular formula is C17H21N3OS. The van der Waals surface area contributed by atoms with Gasteiger partial charge in [-0.05, 0) is 30.4 Å². The summed E-state index contributed by atoms with van der Waals surface area (Å²) in [5.74, 6) is 0. The minimum Gasteiger partial charge on any atom is -0.329 e. The van der Waals surface area contributed by atoms with E-state index in [1.807, 2.05) is 10.3 Å². The van der Waals surface area contributed by atoms with Gasteiger partial charge in [0.25, 0.3) is 0 Å². The van der Waals surface area contributed by atoms with Gasteiger partial charge in [-0.25, -0.2) is 9.78 Å². The van der Waals surface area contributed by atoms with E-state index in [1.165, 1.54) is 11.1 Å². The molecule has 0 unspecified atom stereocenters. The van der Waals surface area contributed by atoms with Crippen molar-refractivity contribution < 1.29 is 4.79 Å². The molecule has 0 fully saturated rings. The highest BCUT2D eigenvalue weighted by molar-refractivity contribution is 7.09. The van der Waals surface area contributed by atoms with Crippen LogP contribution in [0.4, 0.5) is 4.79 Å². The lowest BCUT2D eigenvalue weighted by Gasteiger charge is -2.24. The highest BCUT2D eigenvalue weighted by Gasteiger charge is 2.21. The Morgan fingerprint density at radius 3 is 2.55 bits per heavy atom. The van der Waals surface area contributed by atoms with Gasteiger partial charge in [0.15, 0.2) is 0 Å². The van der Waals surface area contributed by atoms with Crippen LogP contribution in [-0.2, 0) is 12.8 Å². The fourth-order valence-electron chi connectivity index (χ4n) is 2.86. The van der Waals surface area contributed by atoms with Crippen LogP contribution in [0.1, 0.15) is 35.5 Å². The third-order valence-electron chi connectivity index (χ3n) is 4.16. The summed E-state index contributed by atoms with van der Waals surface area (Å²) in [4.78, 5) is 18.8. The summed E-state index contributed by atoms with van der Waals surface area (Å²) in [6.45, 7) is 3.62. The number of nitrogens with zero attached hydrogens (tertiary/aromatic N) is 2. The molecule has 0 saturated carbocycles. The van der Waals surface area contributed by atoms with Gasteiger partial charge < -0.3 is 10.2 Å². The number of amides is 2. The zero-order valence-corrected chi connectivity index (χ0v) is 13.6. The van der Waals surface area contributed by atoms with Crippen molar-refractivity contribution >= 4 is 17.4 Å². The molecule has 1 aliphatic heterocycles. The van der Waals surface area contributed by atoms with Crippen LogP contribution in [0.5, 0.6) is 0 Å². The average molecular weight is 315 g/mol. The van der Waals surface area contributed by atoms with Gasteiger partial charge in [0, 0.05) is 24.7 Å². The summed E-state index contributed by atoms with van der Waals surface area (Å²) >= 11 is 1.59. The van der Waals surface area contributed by atoms with Crippen LogP contribution in [0.15, 0.2) is 35.8 Å². The average Bonchev–Trinajstić information content (AvgIpc) is 2.99. The van der Waals surface area contributed by atoms with Gasteiger partial charge in [-0.15, -0.1) is 11.3 Å². The summed E-state index contributed by atoms with van der Waals surface area (Å²) in [6, 6.07) is 8.52. The second-order valence-electron chi connectivity index (χ2n) is 5.54. The zero-order valence-electron chi connectivity index (χ0n) is 12.8. The maximum atomic E-state index is 12.6. The van der Waals surface area contributed by atoms with E-state index in [0.717, 1.165) is 37.4 Å². The summed E-state index contributed by atoms with van der Waals surface area (Å²) in [5, 5.41) is 6.06. The normalized spacial score (nSPS) is 15.8. The molecule has 2 amide bonds. The second-order valence-corrected chi connectivity index (χ2v) is 6.46. The molecule has 1 aromatic heterocycles. The van der Waals surface area contributed by atoms with Crippen LogP contribution in [0.25, 0.3) is 0 Å². The summed E-state index contributed by atoms with van der Waals surface area (Å²) in [5.41, 5.74) is 2.73. The highest BCUT2D eigenvalue weighted by Crippen LogP contribution is 2.20. The van der Waals surface area contributed by atoms with Crippen molar-refractivity contribution in [3.05, 3.63) is 52.0 Å². The first-order valence-corrected chi connectivity index (χ1v) is 8.67. The lowest BCUT2D eigenvalue weighted by atomic mass is 10.0. The standard InChI is InChI=1S/C17H21N3OS/c1-2-15(16-18-9-12-22-16)19-17(21)20-10-7-13-5-3-4-6-14(13)8-11-20/h3-6,9,12,15H,2,7-8,10-11H2,1H3,(H,19,21)/t15-/m1/s1. The zero-order chi connectivity index (χ0) is 15.4. The van der Waals surface area contributed by atoms with Crippen LogP contribution in [-0.4, -0.2) is 29.0 Å². The molecule has 1 aliphatic rings. The first-order chi connectivity index (χ1) is 10.8. The lowest BCUT2D eigenvalue weighted by Crippen LogP contribution is -2.42. The molecule has 22 heavy (non-hydrogen) atoms. The number of benzene rings is 1. The Morgan fingerprint density at radius 2 is 2.00 bits per heavy atom. The van der Waals surface area contributed by atoms with Gasteiger partial charge in [0.2, 0.25) is 0 Å². The minimum atomic E-state index is 0.0122. The predicted octanol–water partition coefficient (Wildman–Crippen LogP) is 3.40. The van der Waals surface area contributed by atoms with E-state index < -0.39 is 0 Å². The van der Waals surface area contributed by atoms with E-state index in [2.05, 4.69) is 41.5 Å². The molecule has 0 saturated heterocycles. The number of hydrogen-bond acceptors (Lipinski definition) is 3. The molecule has 0 aliphatic carbocycles. The largest absolute Gasteiger partial charge is 0.329 e. The number of aromatic nitrogens is 1.